The van der Waals surface area contributed by atoms with E-state index in [1.807, 2.05) is 20.8 Å². The van der Waals surface area contributed by atoms with Gasteiger partial charge in [0.1, 0.15) is 5.69 Å². The summed E-state index contributed by atoms with van der Waals surface area (Å²) in [6.07, 6.45) is -2.24. The Labute approximate surface area is 142 Å². The molecule has 25 heavy (non-hydrogen) atoms. The fourth-order valence-electron chi connectivity index (χ4n) is 2.57. The van der Waals surface area contributed by atoms with E-state index in [1.165, 1.54) is 22.8 Å². The third-order valence-electron chi connectivity index (χ3n) is 3.88. The van der Waals surface area contributed by atoms with Crippen LogP contribution in [0.25, 0.3) is 16.9 Å². The monoisotopic (exact) mass is 347 g/mol. The van der Waals surface area contributed by atoms with Crippen molar-refractivity contribution in [2.24, 2.45) is 0 Å². The van der Waals surface area contributed by atoms with Crippen molar-refractivity contribution in [3.63, 3.8) is 0 Å². The largest absolute Gasteiger partial charge is 0.416 e. The highest BCUT2D eigenvalue weighted by atomic mass is 19.4. The zero-order valence-electron chi connectivity index (χ0n) is 13.9. The van der Waals surface area contributed by atoms with E-state index in [9.17, 15) is 18.0 Å². The van der Waals surface area contributed by atoms with Crippen LogP contribution in [0.2, 0.25) is 0 Å². The summed E-state index contributed by atoms with van der Waals surface area (Å²) in [5.74, 6) is 0. The number of nitrogens with zero attached hydrogens (tertiary/aromatic N) is 3. The number of carbonyl (C=O) groups excluding carboxylic acids is 1. The van der Waals surface area contributed by atoms with E-state index in [1.54, 1.807) is 6.07 Å². The van der Waals surface area contributed by atoms with Crippen LogP contribution in [0, 0.1) is 0 Å². The minimum Gasteiger partial charge on any atom is -0.296 e. The lowest BCUT2D eigenvalue weighted by Gasteiger charge is -2.20. The van der Waals surface area contributed by atoms with Crippen molar-refractivity contribution in [1.29, 1.82) is 0 Å². The molecule has 0 spiro atoms. The fourth-order valence-corrected chi connectivity index (χ4v) is 2.57. The molecule has 0 fully saturated rings. The Kier molecular flexibility index (Phi) is 3.89. The number of rotatable bonds is 2. The molecule has 2 heterocycles. The van der Waals surface area contributed by atoms with Crippen LogP contribution in [0.1, 0.15) is 42.4 Å². The number of halogens is 3. The number of imidazole rings is 1. The molecule has 0 bridgehead atoms. The molecular weight excluding hydrogens is 331 g/mol. The number of carbonyl (C=O) groups is 1. The van der Waals surface area contributed by atoms with Crippen LogP contribution >= 0.6 is 0 Å². The van der Waals surface area contributed by atoms with Gasteiger partial charge in [0, 0.05) is 11.1 Å². The maximum Gasteiger partial charge on any atom is 0.416 e. The molecule has 4 nitrogen and oxygen atoms in total. The lowest BCUT2D eigenvalue weighted by Crippen LogP contribution is -2.14. The van der Waals surface area contributed by atoms with Gasteiger partial charge in [0.05, 0.1) is 17.5 Å². The molecule has 0 aliphatic carbocycles. The smallest absolute Gasteiger partial charge is 0.296 e. The minimum absolute atomic E-state index is 0.252. The maximum atomic E-state index is 12.7. The summed E-state index contributed by atoms with van der Waals surface area (Å²) in [5.41, 5.74) is 1.75. The highest BCUT2D eigenvalue weighted by Crippen LogP contribution is 2.32. The molecule has 3 rings (SSSR count). The van der Waals surface area contributed by atoms with Crippen molar-refractivity contribution in [3.8, 4) is 11.3 Å². The lowest BCUT2D eigenvalue weighted by molar-refractivity contribution is -0.137. The summed E-state index contributed by atoms with van der Waals surface area (Å²) < 4.78 is 39.7. The lowest BCUT2D eigenvalue weighted by atomic mass is 9.87. The SMILES string of the molecule is CC(C)(C)c1cc(-c2ccc(C(F)(F)F)cc2)nn2cc(C=O)nc12. The number of aromatic nitrogens is 3. The Morgan fingerprint density at radius 3 is 2.24 bits per heavy atom. The minimum atomic E-state index is -4.38. The van der Waals surface area contributed by atoms with Crippen molar-refractivity contribution in [2.75, 3.05) is 0 Å². The van der Waals surface area contributed by atoms with Crippen molar-refractivity contribution >= 4 is 11.9 Å². The molecule has 0 unspecified atom stereocenters. The summed E-state index contributed by atoms with van der Waals surface area (Å²) in [5, 5.41) is 4.39. The van der Waals surface area contributed by atoms with Crippen LogP contribution < -0.4 is 0 Å². The molecular formula is C18H16F3N3O. The molecule has 0 radical (unpaired) electrons. The Morgan fingerprint density at radius 1 is 1.08 bits per heavy atom. The molecule has 2 aromatic heterocycles. The molecule has 1 aromatic carbocycles. The molecule has 0 saturated carbocycles. The van der Waals surface area contributed by atoms with Gasteiger partial charge in [-0.1, -0.05) is 32.9 Å². The van der Waals surface area contributed by atoms with Gasteiger partial charge in [0.15, 0.2) is 11.9 Å². The average Bonchev–Trinajstić information content (AvgIpc) is 2.95. The molecule has 130 valence electrons. The van der Waals surface area contributed by atoms with Crippen LogP contribution in [0.5, 0.6) is 0 Å². The summed E-state index contributed by atoms with van der Waals surface area (Å²) in [6, 6.07) is 6.65. The van der Waals surface area contributed by atoms with Gasteiger partial charge in [-0.15, -0.1) is 0 Å². The second kappa shape index (κ2) is 5.68. The zero-order valence-corrected chi connectivity index (χ0v) is 13.9. The third kappa shape index (κ3) is 3.26. The molecule has 3 aromatic rings. The van der Waals surface area contributed by atoms with E-state index in [4.69, 9.17) is 0 Å². The molecule has 7 heteroatoms. The van der Waals surface area contributed by atoms with Crippen LogP contribution in [0.4, 0.5) is 13.2 Å². The van der Waals surface area contributed by atoms with Gasteiger partial charge in [-0.3, -0.25) is 4.79 Å². The van der Waals surface area contributed by atoms with Crippen molar-refractivity contribution in [2.45, 2.75) is 32.4 Å². The highest BCUT2D eigenvalue weighted by Gasteiger charge is 2.30. The van der Waals surface area contributed by atoms with E-state index in [0.717, 1.165) is 17.7 Å². The summed E-state index contributed by atoms with van der Waals surface area (Å²) in [4.78, 5) is 15.3. The number of hydrogen-bond acceptors (Lipinski definition) is 3. The van der Waals surface area contributed by atoms with Crippen LogP contribution in [-0.4, -0.2) is 20.9 Å². The quantitative estimate of drug-likeness (QED) is 0.640. The molecule has 0 saturated heterocycles. The Hall–Kier alpha value is -2.70. The van der Waals surface area contributed by atoms with Gasteiger partial charge in [-0.2, -0.15) is 18.3 Å². The predicted octanol–water partition coefficient (Wildman–Crippen LogP) is 4.53. The number of benzene rings is 1. The van der Waals surface area contributed by atoms with Crippen LogP contribution in [0.3, 0.4) is 0 Å². The second-order valence-electron chi connectivity index (χ2n) is 6.82. The average molecular weight is 347 g/mol. The predicted molar refractivity (Wildman–Crippen MR) is 87.5 cm³/mol. The first-order chi connectivity index (χ1) is 11.6. The first-order valence-electron chi connectivity index (χ1n) is 7.63. The standard InChI is InChI=1S/C18H16F3N3O/c1-17(2,3)14-8-15(23-24-9-13(10-25)22-16(14)24)11-4-6-12(7-5-11)18(19,20)21/h4-10H,1-3H3. The number of alkyl halides is 3. The number of hydrogen-bond donors (Lipinski definition) is 0. The molecule has 0 aliphatic heterocycles. The summed E-state index contributed by atoms with van der Waals surface area (Å²) in [6.45, 7) is 5.98. The summed E-state index contributed by atoms with van der Waals surface area (Å²) >= 11 is 0. The Morgan fingerprint density at radius 2 is 1.72 bits per heavy atom. The van der Waals surface area contributed by atoms with Gasteiger partial charge in [-0.05, 0) is 23.6 Å². The zero-order chi connectivity index (χ0) is 18.4. The summed E-state index contributed by atoms with van der Waals surface area (Å²) in [7, 11) is 0. The van der Waals surface area contributed by atoms with Crippen molar-refractivity contribution < 1.29 is 18.0 Å². The first-order valence-corrected chi connectivity index (χ1v) is 7.63. The van der Waals surface area contributed by atoms with Crippen molar-refractivity contribution in [3.05, 3.63) is 53.3 Å². The van der Waals surface area contributed by atoms with Crippen LogP contribution in [0.15, 0.2) is 36.5 Å². The topological polar surface area (TPSA) is 47.3 Å². The van der Waals surface area contributed by atoms with E-state index < -0.39 is 11.7 Å². The first kappa shape index (κ1) is 17.1. The normalized spacial score (nSPS) is 12.6. The van der Waals surface area contributed by atoms with E-state index in [0.29, 0.717) is 23.2 Å². The van der Waals surface area contributed by atoms with Gasteiger partial charge in [0.2, 0.25) is 0 Å². The van der Waals surface area contributed by atoms with Gasteiger partial charge >= 0.3 is 6.18 Å². The maximum absolute atomic E-state index is 12.7. The molecule has 0 aliphatic rings. The van der Waals surface area contributed by atoms with E-state index in [-0.39, 0.29) is 11.1 Å². The Bertz CT molecular complexity index is 935. The molecule has 0 atom stereocenters. The fraction of sp³-hybridized carbons (Fsp3) is 0.278. The van der Waals surface area contributed by atoms with Gasteiger partial charge in [-0.25, -0.2) is 9.50 Å². The number of fused-ring (bicyclic) bond motifs is 1. The van der Waals surface area contributed by atoms with Gasteiger partial charge < -0.3 is 0 Å². The van der Waals surface area contributed by atoms with E-state index in [2.05, 4.69) is 10.1 Å². The van der Waals surface area contributed by atoms with Crippen LogP contribution in [-0.2, 0) is 11.6 Å². The highest BCUT2D eigenvalue weighted by molar-refractivity contribution is 5.74. The van der Waals surface area contributed by atoms with E-state index >= 15 is 0 Å². The third-order valence-corrected chi connectivity index (χ3v) is 3.88. The number of aldehydes is 1. The molecule has 0 N–H and O–H groups in total. The van der Waals surface area contributed by atoms with Crippen molar-refractivity contribution in [1.82, 2.24) is 14.6 Å². The molecule has 0 amide bonds. The second-order valence-corrected chi connectivity index (χ2v) is 6.82. The van der Waals surface area contributed by atoms with Gasteiger partial charge in [0.25, 0.3) is 0 Å². The Balaban J connectivity index is 2.18.